The molecular weight excluding hydrogens is 302 g/mol. The second kappa shape index (κ2) is 7.17. The molecule has 0 saturated heterocycles. The normalized spacial score (nSPS) is 15.7. The Morgan fingerprint density at radius 3 is 2.22 bits per heavy atom. The van der Waals surface area contributed by atoms with E-state index in [0.717, 1.165) is 50.7 Å². The fourth-order valence-corrected chi connectivity index (χ4v) is 2.90. The number of amides is 1. The largest absolute Gasteiger partial charge is 0.349 e. The fraction of sp³-hybridized carbons (Fsp3) is 0.533. The van der Waals surface area contributed by atoms with Crippen molar-refractivity contribution < 1.29 is 14.6 Å². The van der Waals surface area contributed by atoms with Crippen LogP contribution in [0.4, 0.5) is 11.4 Å². The summed E-state index contributed by atoms with van der Waals surface area (Å²) < 4.78 is 0. The number of nitro benzene ring substituents is 2. The van der Waals surface area contributed by atoms with Gasteiger partial charge in [0, 0.05) is 17.7 Å². The molecule has 124 valence electrons. The molecule has 1 fully saturated rings. The molecule has 1 aliphatic rings. The highest BCUT2D eigenvalue weighted by molar-refractivity contribution is 5.97. The van der Waals surface area contributed by atoms with E-state index in [2.05, 4.69) is 5.32 Å². The van der Waals surface area contributed by atoms with Crippen molar-refractivity contribution in [3.8, 4) is 0 Å². The van der Waals surface area contributed by atoms with Crippen LogP contribution >= 0.6 is 0 Å². The average molecular weight is 321 g/mol. The zero-order chi connectivity index (χ0) is 17.0. The van der Waals surface area contributed by atoms with E-state index in [4.69, 9.17) is 0 Å². The van der Waals surface area contributed by atoms with Crippen molar-refractivity contribution in [3.63, 3.8) is 0 Å². The third-order valence-electron chi connectivity index (χ3n) is 4.21. The van der Waals surface area contributed by atoms with E-state index in [1.54, 1.807) is 0 Å². The van der Waals surface area contributed by atoms with Gasteiger partial charge < -0.3 is 5.32 Å². The van der Waals surface area contributed by atoms with Gasteiger partial charge in [0.25, 0.3) is 17.3 Å². The predicted octanol–water partition coefficient (Wildman–Crippen LogP) is 3.26. The third-order valence-corrected chi connectivity index (χ3v) is 4.21. The van der Waals surface area contributed by atoms with Crippen molar-refractivity contribution in [1.29, 1.82) is 0 Å². The quantitative estimate of drug-likeness (QED) is 0.519. The maximum absolute atomic E-state index is 12.4. The van der Waals surface area contributed by atoms with Gasteiger partial charge in [0.05, 0.1) is 21.5 Å². The Balaban J connectivity index is 2.30. The summed E-state index contributed by atoms with van der Waals surface area (Å²) in [4.78, 5) is 33.0. The van der Waals surface area contributed by atoms with Gasteiger partial charge in [-0.2, -0.15) is 0 Å². The van der Waals surface area contributed by atoms with Crippen molar-refractivity contribution in [2.45, 2.75) is 51.5 Å². The second-order valence-corrected chi connectivity index (χ2v) is 5.81. The summed E-state index contributed by atoms with van der Waals surface area (Å²) in [6.45, 7) is 1.43. The minimum Gasteiger partial charge on any atom is -0.349 e. The van der Waals surface area contributed by atoms with E-state index in [9.17, 15) is 25.0 Å². The van der Waals surface area contributed by atoms with E-state index < -0.39 is 27.1 Å². The molecule has 0 heterocycles. The van der Waals surface area contributed by atoms with Crippen LogP contribution in [0.5, 0.6) is 0 Å². The molecule has 1 N–H and O–H groups in total. The lowest BCUT2D eigenvalue weighted by atomic mass is 10.0. The van der Waals surface area contributed by atoms with Crippen LogP contribution in [0, 0.1) is 27.2 Å². The number of hydrogen-bond acceptors (Lipinski definition) is 5. The molecule has 0 bridgehead atoms. The standard InChI is InChI=1S/C15H19N3O5/c1-10-13(8-12(17(20)21)9-14(10)18(22)23)15(19)16-11-6-4-2-3-5-7-11/h8-9,11H,2-7H2,1H3,(H,16,19). The molecule has 0 atom stereocenters. The first-order valence-corrected chi connectivity index (χ1v) is 7.64. The van der Waals surface area contributed by atoms with Gasteiger partial charge in [-0.05, 0) is 19.8 Å². The molecule has 0 spiro atoms. The Hall–Kier alpha value is -2.51. The Morgan fingerprint density at radius 2 is 1.70 bits per heavy atom. The molecule has 8 heteroatoms. The van der Waals surface area contributed by atoms with Crippen LogP contribution in [0.15, 0.2) is 12.1 Å². The number of nitrogens with zero attached hydrogens (tertiary/aromatic N) is 2. The summed E-state index contributed by atoms with van der Waals surface area (Å²) >= 11 is 0. The number of carbonyl (C=O) groups is 1. The molecule has 8 nitrogen and oxygen atoms in total. The second-order valence-electron chi connectivity index (χ2n) is 5.81. The Morgan fingerprint density at radius 1 is 1.09 bits per heavy atom. The zero-order valence-corrected chi connectivity index (χ0v) is 12.9. The Labute approximate surface area is 133 Å². The number of benzene rings is 1. The first kappa shape index (κ1) is 16.9. The van der Waals surface area contributed by atoms with Gasteiger partial charge in [-0.1, -0.05) is 25.7 Å². The molecule has 2 rings (SSSR count). The summed E-state index contributed by atoms with van der Waals surface area (Å²) in [5.74, 6) is -0.485. The first-order chi connectivity index (χ1) is 10.9. The van der Waals surface area contributed by atoms with Crippen molar-refractivity contribution in [2.75, 3.05) is 0 Å². The van der Waals surface area contributed by atoms with Gasteiger partial charge in [0.2, 0.25) is 0 Å². The topological polar surface area (TPSA) is 115 Å². The first-order valence-electron chi connectivity index (χ1n) is 7.64. The van der Waals surface area contributed by atoms with Crippen molar-refractivity contribution in [3.05, 3.63) is 43.5 Å². The lowest BCUT2D eigenvalue weighted by Crippen LogP contribution is -2.34. The summed E-state index contributed by atoms with van der Waals surface area (Å²) in [5, 5.41) is 24.9. The van der Waals surface area contributed by atoms with Crippen LogP contribution in [-0.2, 0) is 0 Å². The molecule has 0 unspecified atom stereocenters. The third kappa shape index (κ3) is 4.02. The van der Waals surface area contributed by atoms with Gasteiger partial charge in [0.1, 0.15) is 0 Å². The number of nitro groups is 2. The molecule has 1 aliphatic carbocycles. The van der Waals surface area contributed by atoms with Gasteiger partial charge in [-0.15, -0.1) is 0 Å². The van der Waals surface area contributed by atoms with Gasteiger partial charge in [-0.3, -0.25) is 25.0 Å². The lowest BCUT2D eigenvalue weighted by molar-refractivity contribution is -0.394. The molecule has 0 aliphatic heterocycles. The maximum Gasteiger partial charge on any atom is 0.279 e. The van der Waals surface area contributed by atoms with E-state index in [0.29, 0.717) is 0 Å². The summed E-state index contributed by atoms with van der Waals surface area (Å²) in [5.41, 5.74) is -0.722. The van der Waals surface area contributed by atoms with Crippen LogP contribution < -0.4 is 5.32 Å². The number of non-ortho nitro benzene ring substituents is 1. The van der Waals surface area contributed by atoms with Gasteiger partial charge in [-0.25, -0.2) is 0 Å². The van der Waals surface area contributed by atoms with Crippen LogP contribution in [-0.4, -0.2) is 21.8 Å². The monoisotopic (exact) mass is 321 g/mol. The molecule has 1 aromatic carbocycles. The van der Waals surface area contributed by atoms with Crippen LogP contribution in [0.2, 0.25) is 0 Å². The summed E-state index contributed by atoms with van der Waals surface area (Å²) in [7, 11) is 0. The molecule has 23 heavy (non-hydrogen) atoms. The molecule has 1 amide bonds. The molecule has 0 aromatic heterocycles. The average Bonchev–Trinajstić information content (AvgIpc) is 2.75. The molecule has 1 saturated carbocycles. The SMILES string of the molecule is Cc1c(C(=O)NC2CCCCCC2)cc([N+](=O)[O-])cc1[N+](=O)[O-]. The van der Waals surface area contributed by atoms with Crippen molar-refractivity contribution >= 4 is 17.3 Å². The molecule has 0 radical (unpaired) electrons. The van der Waals surface area contributed by atoms with Gasteiger partial charge in [0.15, 0.2) is 0 Å². The fourth-order valence-electron chi connectivity index (χ4n) is 2.90. The summed E-state index contributed by atoms with van der Waals surface area (Å²) in [6, 6.07) is 2.01. The number of carbonyl (C=O) groups excluding carboxylic acids is 1. The highest BCUT2D eigenvalue weighted by atomic mass is 16.6. The van der Waals surface area contributed by atoms with E-state index in [1.807, 2.05) is 0 Å². The van der Waals surface area contributed by atoms with Crippen LogP contribution in [0.3, 0.4) is 0 Å². The van der Waals surface area contributed by atoms with E-state index in [1.165, 1.54) is 6.92 Å². The molecular formula is C15H19N3O5. The van der Waals surface area contributed by atoms with Crippen molar-refractivity contribution in [2.24, 2.45) is 0 Å². The summed E-state index contributed by atoms with van der Waals surface area (Å²) in [6.07, 6.45) is 6.04. The molecule has 1 aromatic rings. The Bertz CT molecular complexity index is 636. The Kier molecular flexibility index (Phi) is 5.25. The number of nitrogens with one attached hydrogen (secondary N) is 1. The number of rotatable bonds is 4. The predicted molar refractivity (Wildman–Crippen MR) is 83.4 cm³/mol. The minimum atomic E-state index is -0.727. The smallest absolute Gasteiger partial charge is 0.279 e. The zero-order valence-electron chi connectivity index (χ0n) is 12.9. The maximum atomic E-state index is 12.4. The van der Waals surface area contributed by atoms with E-state index >= 15 is 0 Å². The lowest BCUT2D eigenvalue weighted by Gasteiger charge is -2.17. The minimum absolute atomic E-state index is 0.00449. The van der Waals surface area contributed by atoms with E-state index in [-0.39, 0.29) is 17.2 Å². The van der Waals surface area contributed by atoms with Crippen LogP contribution in [0.1, 0.15) is 54.4 Å². The highest BCUT2D eigenvalue weighted by Crippen LogP contribution is 2.28. The number of hydrogen-bond donors (Lipinski definition) is 1. The van der Waals surface area contributed by atoms with Crippen molar-refractivity contribution in [1.82, 2.24) is 5.32 Å². The highest BCUT2D eigenvalue weighted by Gasteiger charge is 2.26. The van der Waals surface area contributed by atoms with Gasteiger partial charge >= 0.3 is 0 Å². The van der Waals surface area contributed by atoms with Crippen LogP contribution in [0.25, 0.3) is 0 Å².